The van der Waals surface area contributed by atoms with E-state index < -0.39 is 0 Å². The van der Waals surface area contributed by atoms with Gasteiger partial charge in [-0.2, -0.15) is 5.10 Å². The van der Waals surface area contributed by atoms with Crippen LogP contribution < -0.4 is 5.32 Å². The molecule has 130 valence electrons. The highest BCUT2D eigenvalue weighted by Crippen LogP contribution is 2.23. The topological polar surface area (TPSA) is 77.6 Å². The second-order valence-corrected chi connectivity index (χ2v) is 6.85. The van der Waals surface area contributed by atoms with Gasteiger partial charge in [-0.3, -0.25) is 14.0 Å². The largest absolute Gasteiger partial charge is 0.322 e. The quantitative estimate of drug-likeness (QED) is 0.692. The van der Waals surface area contributed by atoms with Crippen molar-refractivity contribution >= 4 is 35.0 Å². The van der Waals surface area contributed by atoms with E-state index in [1.165, 1.54) is 11.8 Å². The highest BCUT2D eigenvalue weighted by atomic mass is 35.5. The van der Waals surface area contributed by atoms with Gasteiger partial charge in [0.1, 0.15) is 6.33 Å². The van der Waals surface area contributed by atoms with Gasteiger partial charge in [-0.15, -0.1) is 10.2 Å². The van der Waals surface area contributed by atoms with Crippen LogP contribution in [0.4, 0.5) is 5.69 Å². The molecular weight excluding hydrogens is 360 g/mol. The SMILES string of the molecule is Cc1nn(C)c(C)c1NC(=O)CSc1nncn1-c1cccc(Cl)c1. The van der Waals surface area contributed by atoms with E-state index in [0.717, 1.165) is 22.8 Å². The third-order valence-corrected chi connectivity index (χ3v) is 4.89. The smallest absolute Gasteiger partial charge is 0.234 e. The summed E-state index contributed by atoms with van der Waals surface area (Å²) >= 11 is 7.34. The van der Waals surface area contributed by atoms with E-state index in [2.05, 4.69) is 20.6 Å². The average Bonchev–Trinajstić information content (AvgIpc) is 3.13. The molecule has 1 N–H and O–H groups in total. The normalized spacial score (nSPS) is 10.9. The fourth-order valence-corrected chi connectivity index (χ4v) is 3.30. The zero-order valence-corrected chi connectivity index (χ0v) is 15.6. The van der Waals surface area contributed by atoms with E-state index >= 15 is 0 Å². The summed E-state index contributed by atoms with van der Waals surface area (Å²) in [5.41, 5.74) is 3.31. The van der Waals surface area contributed by atoms with Gasteiger partial charge in [0.2, 0.25) is 5.91 Å². The lowest BCUT2D eigenvalue weighted by Crippen LogP contribution is -2.15. The molecule has 1 amide bonds. The summed E-state index contributed by atoms with van der Waals surface area (Å²) in [5, 5.41) is 16.5. The molecule has 2 aromatic heterocycles. The first-order valence-electron chi connectivity index (χ1n) is 7.54. The van der Waals surface area contributed by atoms with Crippen LogP contribution in [0.25, 0.3) is 5.69 Å². The number of anilines is 1. The van der Waals surface area contributed by atoms with E-state index in [1.54, 1.807) is 21.6 Å². The van der Waals surface area contributed by atoms with E-state index in [0.29, 0.717) is 10.2 Å². The summed E-state index contributed by atoms with van der Waals surface area (Å²) in [7, 11) is 1.85. The summed E-state index contributed by atoms with van der Waals surface area (Å²) in [4.78, 5) is 12.3. The number of thioether (sulfide) groups is 1. The lowest BCUT2D eigenvalue weighted by molar-refractivity contribution is -0.113. The Bertz CT molecular complexity index is 919. The number of rotatable bonds is 5. The van der Waals surface area contributed by atoms with Crippen LogP contribution in [-0.2, 0) is 11.8 Å². The van der Waals surface area contributed by atoms with Crippen LogP contribution in [0.3, 0.4) is 0 Å². The van der Waals surface area contributed by atoms with Crippen molar-refractivity contribution in [2.24, 2.45) is 7.05 Å². The van der Waals surface area contributed by atoms with Gasteiger partial charge in [0.05, 0.1) is 28.5 Å². The number of nitrogens with one attached hydrogen (secondary N) is 1. The number of hydrogen-bond acceptors (Lipinski definition) is 5. The van der Waals surface area contributed by atoms with E-state index in [-0.39, 0.29) is 11.7 Å². The van der Waals surface area contributed by atoms with Gasteiger partial charge in [0.25, 0.3) is 0 Å². The molecule has 25 heavy (non-hydrogen) atoms. The minimum absolute atomic E-state index is 0.121. The van der Waals surface area contributed by atoms with Gasteiger partial charge in [0, 0.05) is 12.1 Å². The molecule has 0 bridgehead atoms. The second kappa shape index (κ2) is 7.28. The molecule has 0 aliphatic carbocycles. The molecule has 2 heterocycles. The van der Waals surface area contributed by atoms with Crippen molar-refractivity contribution in [2.45, 2.75) is 19.0 Å². The Morgan fingerprint density at radius 3 is 2.84 bits per heavy atom. The maximum Gasteiger partial charge on any atom is 0.234 e. The van der Waals surface area contributed by atoms with E-state index in [9.17, 15) is 4.79 Å². The minimum atomic E-state index is -0.121. The molecule has 0 saturated carbocycles. The number of nitrogens with zero attached hydrogens (tertiary/aromatic N) is 5. The van der Waals surface area contributed by atoms with Crippen LogP contribution in [0.2, 0.25) is 5.02 Å². The lowest BCUT2D eigenvalue weighted by atomic mass is 10.3. The maximum absolute atomic E-state index is 12.3. The Morgan fingerprint density at radius 1 is 1.36 bits per heavy atom. The molecule has 0 atom stereocenters. The first-order chi connectivity index (χ1) is 12.0. The van der Waals surface area contributed by atoms with Gasteiger partial charge in [-0.1, -0.05) is 29.4 Å². The van der Waals surface area contributed by atoms with Crippen LogP contribution in [0.1, 0.15) is 11.4 Å². The van der Waals surface area contributed by atoms with Crippen LogP contribution in [0.5, 0.6) is 0 Å². The minimum Gasteiger partial charge on any atom is -0.322 e. The van der Waals surface area contributed by atoms with E-state index in [4.69, 9.17) is 11.6 Å². The van der Waals surface area contributed by atoms with Crippen molar-refractivity contribution in [1.29, 1.82) is 0 Å². The number of halogens is 1. The van der Waals surface area contributed by atoms with Gasteiger partial charge >= 0.3 is 0 Å². The predicted octanol–water partition coefficient (Wildman–Crippen LogP) is 3.00. The highest BCUT2D eigenvalue weighted by Gasteiger charge is 2.14. The number of benzene rings is 1. The van der Waals surface area contributed by atoms with Gasteiger partial charge in [0.15, 0.2) is 5.16 Å². The van der Waals surface area contributed by atoms with Crippen molar-refractivity contribution in [3.63, 3.8) is 0 Å². The summed E-state index contributed by atoms with van der Waals surface area (Å²) in [6, 6.07) is 7.38. The number of carbonyl (C=O) groups excluding carboxylic acids is 1. The molecule has 3 aromatic rings. The molecule has 0 aliphatic heterocycles. The number of aryl methyl sites for hydroxylation is 2. The zero-order valence-electron chi connectivity index (χ0n) is 14.0. The standard InChI is InChI=1S/C16H17ClN6OS/c1-10-15(11(2)22(3)21-10)19-14(24)8-25-16-20-18-9-23(16)13-6-4-5-12(17)7-13/h4-7,9H,8H2,1-3H3,(H,19,24). The summed E-state index contributed by atoms with van der Waals surface area (Å²) in [6.07, 6.45) is 1.60. The maximum atomic E-state index is 12.3. The third kappa shape index (κ3) is 3.85. The number of aromatic nitrogens is 5. The molecule has 0 unspecified atom stereocenters. The third-order valence-electron chi connectivity index (χ3n) is 3.71. The van der Waals surface area contributed by atoms with Gasteiger partial charge < -0.3 is 5.32 Å². The zero-order chi connectivity index (χ0) is 18.0. The molecule has 0 aliphatic rings. The summed E-state index contributed by atoms with van der Waals surface area (Å²) < 4.78 is 3.54. The Labute approximate surface area is 154 Å². The Morgan fingerprint density at radius 2 is 2.16 bits per heavy atom. The van der Waals surface area contributed by atoms with E-state index in [1.807, 2.05) is 39.1 Å². The van der Waals surface area contributed by atoms with Crippen molar-refractivity contribution < 1.29 is 4.79 Å². The van der Waals surface area contributed by atoms with Crippen molar-refractivity contribution in [1.82, 2.24) is 24.5 Å². The van der Waals surface area contributed by atoms with Crippen molar-refractivity contribution in [2.75, 3.05) is 11.1 Å². The van der Waals surface area contributed by atoms with Crippen LogP contribution in [-0.4, -0.2) is 36.2 Å². The monoisotopic (exact) mass is 376 g/mol. The first-order valence-corrected chi connectivity index (χ1v) is 8.91. The average molecular weight is 377 g/mol. The first kappa shape index (κ1) is 17.5. The molecule has 9 heteroatoms. The molecule has 0 radical (unpaired) electrons. The molecule has 7 nitrogen and oxygen atoms in total. The molecule has 0 fully saturated rings. The Hall–Kier alpha value is -2.32. The number of amides is 1. The Kier molecular flexibility index (Phi) is 5.10. The van der Waals surface area contributed by atoms with Gasteiger partial charge in [-0.25, -0.2) is 0 Å². The van der Waals surface area contributed by atoms with Crippen LogP contribution in [0.15, 0.2) is 35.7 Å². The lowest BCUT2D eigenvalue weighted by Gasteiger charge is -2.07. The van der Waals surface area contributed by atoms with Crippen LogP contribution >= 0.6 is 23.4 Å². The number of hydrogen-bond donors (Lipinski definition) is 1. The summed E-state index contributed by atoms with van der Waals surface area (Å²) in [5.74, 6) is 0.0948. The summed E-state index contributed by atoms with van der Waals surface area (Å²) in [6.45, 7) is 3.78. The molecule has 1 aromatic carbocycles. The van der Waals surface area contributed by atoms with Gasteiger partial charge in [-0.05, 0) is 32.0 Å². The molecule has 3 rings (SSSR count). The van der Waals surface area contributed by atoms with Crippen molar-refractivity contribution in [3.8, 4) is 5.69 Å². The number of carbonyl (C=O) groups is 1. The Balaban J connectivity index is 1.68. The second-order valence-electron chi connectivity index (χ2n) is 5.47. The molecule has 0 spiro atoms. The van der Waals surface area contributed by atoms with Crippen molar-refractivity contribution in [3.05, 3.63) is 47.0 Å². The molecular formula is C16H17ClN6OS. The fraction of sp³-hybridized carbons (Fsp3) is 0.250. The highest BCUT2D eigenvalue weighted by molar-refractivity contribution is 7.99. The predicted molar refractivity (Wildman–Crippen MR) is 98.4 cm³/mol. The molecule has 0 saturated heterocycles. The fourth-order valence-electron chi connectivity index (χ4n) is 2.39. The van der Waals surface area contributed by atoms with Crippen LogP contribution in [0, 0.1) is 13.8 Å².